The highest BCUT2D eigenvalue weighted by Crippen LogP contribution is 2.02. The molecule has 0 aliphatic rings. The van der Waals surface area contributed by atoms with Crippen molar-refractivity contribution in [2.75, 3.05) is 0 Å². The molecule has 0 aromatic heterocycles. The summed E-state index contributed by atoms with van der Waals surface area (Å²) in [6, 6.07) is 40.2. The summed E-state index contributed by atoms with van der Waals surface area (Å²) in [4.78, 5) is 0. The lowest BCUT2D eigenvalue weighted by atomic mass is 10.2. The van der Waals surface area contributed by atoms with Crippen LogP contribution in [0, 0.1) is 23.7 Å². The van der Waals surface area contributed by atoms with Crippen molar-refractivity contribution in [1.29, 1.82) is 0 Å². The van der Waals surface area contributed by atoms with Gasteiger partial charge in [0.1, 0.15) is 0 Å². The minimum Gasteiger partial charge on any atom is -0.0622 e. The zero-order valence-electron chi connectivity index (χ0n) is 19.0. The molecule has 0 nitrogen and oxygen atoms in total. The van der Waals surface area contributed by atoms with Gasteiger partial charge in [0.05, 0.1) is 0 Å². The van der Waals surface area contributed by atoms with Crippen LogP contribution in [0.3, 0.4) is 0 Å². The molecule has 0 spiro atoms. The first-order chi connectivity index (χ1) is 16.9. The van der Waals surface area contributed by atoms with Gasteiger partial charge in [-0.05, 0) is 47.2 Å². The number of hydrogen-bond donors (Lipinski definition) is 0. The predicted molar refractivity (Wildman–Crippen MR) is 147 cm³/mol. The first kappa shape index (κ1) is 23.9. The maximum absolute atomic E-state index is 2.99. The van der Waals surface area contributed by atoms with Crippen LogP contribution in [-0.2, 0) is 0 Å². The van der Waals surface area contributed by atoms with Gasteiger partial charge < -0.3 is 0 Å². The average Bonchev–Trinajstić information content (AvgIpc) is 2.91. The molecule has 0 atom stereocenters. The highest BCUT2D eigenvalue weighted by molar-refractivity contribution is 5.53. The normalized spacial score (nSPS) is 10.1. The van der Waals surface area contributed by atoms with Crippen molar-refractivity contribution < 1.29 is 0 Å². The Morgan fingerprint density at radius 2 is 0.676 bits per heavy atom. The molecule has 0 aliphatic heterocycles. The largest absolute Gasteiger partial charge is 0.0622 e. The van der Waals surface area contributed by atoms with Gasteiger partial charge in [0.25, 0.3) is 0 Å². The first-order valence-electron chi connectivity index (χ1n) is 11.1. The number of benzene rings is 4. The molecular formula is C34H26. The van der Waals surface area contributed by atoms with Crippen LogP contribution in [0.5, 0.6) is 0 Å². The first-order valence-corrected chi connectivity index (χ1v) is 11.1. The third-order valence-corrected chi connectivity index (χ3v) is 4.53. The van der Waals surface area contributed by atoms with Crippen LogP contribution in [-0.4, -0.2) is 0 Å². The van der Waals surface area contributed by atoms with E-state index in [4.69, 9.17) is 0 Å². The second kappa shape index (κ2) is 15.1. The van der Waals surface area contributed by atoms with E-state index in [1.165, 1.54) is 11.1 Å². The Kier molecular flexibility index (Phi) is 10.6. The fourth-order valence-corrected chi connectivity index (χ4v) is 2.84. The minimum absolute atomic E-state index is 0.991. The van der Waals surface area contributed by atoms with Crippen LogP contribution in [0.15, 0.2) is 146 Å². The summed E-state index contributed by atoms with van der Waals surface area (Å²) < 4.78 is 0. The maximum Gasteiger partial charge on any atom is 0.0255 e. The van der Waals surface area contributed by atoms with Crippen molar-refractivity contribution >= 4 is 12.2 Å². The van der Waals surface area contributed by atoms with Gasteiger partial charge in [-0.25, -0.2) is 0 Å². The maximum atomic E-state index is 2.99. The van der Waals surface area contributed by atoms with Crippen molar-refractivity contribution in [3.05, 3.63) is 168 Å². The summed E-state index contributed by atoms with van der Waals surface area (Å²) in [7, 11) is 0. The minimum atomic E-state index is 0.991. The second-order valence-electron chi connectivity index (χ2n) is 7.16. The predicted octanol–water partition coefficient (Wildman–Crippen LogP) is 8.06. The molecule has 0 saturated heterocycles. The third kappa shape index (κ3) is 10.0. The Hall–Kier alpha value is -4.78. The van der Waals surface area contributed by atoms with E-state index in [-0.39, 0.29) is 0 Å². The zero-order valence-corrected chi connectivity index (χ0v) is 19.0. The second-order valence-corrected chi connectivity index (χ2v) is 7.16. The molecule has 0 fully saturated rings. The Balaban J connectivity index is 0.000000192. The van der Waals surface area contributed by atoms with Gasteiger partial charge >= 0.3 is 0 Å². The van der Waals surface area contributed by atoms with Crippen molar-refractivity contribution in [3.8, 4) is 23.7 Å². The van der Waals surface area contributed by atoms with Crippen molar-refractivity contribution in [2.45, 2.75) is 0 Å². The van der Waals surface area contributed by atoms with E-state index >= 15 is 0 Å². The molecule has 0 heterocycles. The molecule has 4 aromatic rings. The SMILES string of the molecule is C(=CC=Cc1ccccc1)C=Cc1ccccc1.C(C#Cc1ccccc1)#Cc1ccccc1. The van der Waals surface area contributed by atoms with E-state index in [2.05, 4.69) is 60.1 Å². The van der Waals surface area contributed by atoms with Crippen LogP contribution in [0.4, 0.5) is 0 Å². The van der Waals surface area contributed by atoms with Crippen molar-refractivity contribution in [1.82, 2.24) is 0 Å². The van der Waals surface area contributed by atoms with Crippen LogP contribution in [0.2, 0.25) is 0 Å². The topological polar surface area (TPSA) is 0 Å². The molecule has 0 amide bonds. The Morgan fingerprint density at radius 3 is 1.03 bits per heavy atom. The summed E-state index contributed by atoms with van der Waals surface area (Å²) in [5.74, 6) is 11.7. The quantitative estimate of drug-likeness (QED) is 0.225. The Labute approximate surface area is 203 Å². The van der Waals surface area contributed by atoms with Crippen LogP contribution < -0.4 is 0 Å². The van der Waals surface area contributed by atoms with Gasteiger partial charge in [0.2, 0.25) is 0 Å². The molecular weight excluding hydrogens is 408 g/mol. The van der Waals surface area contributed by atoms with E-state index < -0.39 is 0 Å². The fraction of sp³-hybridized carbons (Fsp3) is 0. The molecule has 0 bridgehead atoms. The zero-order chi connectivity index (χ0) is 23.5. The van der Waals surface area contributed by atoms with Gasteiger partial charge in [-0.2, -0.15) is 0 Å². The lowest BCUT2D eigenvalue weighted by molar-refractivity contribution is 1.65. The molecule has 0 heteroatoms. The average molecular weight is 435 g/mol. The molecule has 4 aromatic carbocycles. The van der Waals surface area contributed by atoms with Gasteiger partial charge in [-0.15, -0.1) is 0 Å². The molecule has 0 unspecified atom stereocenters. The third-order valence-electron chi connectivity index (χ3n) is 4.53. The molecule has 34 heavy (non-hydrogen) atoms. The lowest BCUT2D eigenvalue weighted by Gasteiger charge is -1.89. The summed E-state index contributed by atoms with van der Waals surface area (Å²) in [6.45, 7) is 0. The fourth-order valence-electron chi connectivity index (χ4n) is 2.84. The molecule has 0 N–H and O–H groups in total. The summed E-state index contributed by atoms with van der Waals surface area (Å²) in [5, 5.41) is 0. The summed E-state index contributed by atoms with van der Waals surface area (Å²) in [6.07, 6.45) is 12.3. The standard InChI is InChI=1S/C18H16.C16H10/c1(5-11-17-13-7-3-8-14-17)2-6-12-18-15-9-4-10-16-18;1-3-9-15(10-4-1)13-7-8-14-16-11-5-2-6-12-16/h1-16H;1-6,9-12H. The molecule has 4 rings (SSSR count). The number of allylic oxidation sites excluding steroid dienone is 4. The van der Waals surface area contributed by atoms with Crippen LogP contribution >= 0.6 is 0 Å². The highest BCUT2D eigenvalue weighted by Gasteiger charge is 1.82. The van der Waals surface area contributed by atoms with E-state index in [9.17, 15) is 0 Å². The lowest BCUT2D eigenvalue weighted by Crippen LogP contribution is -1.71. The van der Waals surface area contributed by atoms with Gasteiger partial charge in [0, 0.05) is 11.1 Å². The molecule has 0 saturated carbocycles. The van der Waals surface area contributed by atoms with Crippen molar-refractivity contribution in [2.24, 2.45) is 0 Å². The van der Waals surface area contributed by atoms with Crippen molar-refractivity contribution in [3.63, 3.8) is 0 Å². The summed E-state index contributed by atoms with van der Waals surface area (Å²) in [5.41, 5.74) is 4.41. The van der Waals surface area contributed by atoms with Gasteiger partial charge in [-0.1, -0.05) is 145 Å². The van der Waals surface area contributed by atoms with Gasteiger partial charge in [-0.3, -0.25) is 0 Å². The van der Waals surface area contributed by atoms with Gasteiger partial charge in [0.15, 0.2) is 0 Å². The Bertz CT molecular complexity index is 1200. The van der Waals surface area contributed by atoms with E-state index in [0.29, 0.717) is 0 Å². The summed E-state index contributed by atoms with van der Waals surface area (Å²) >= 11 is 0. The van der Waals surface area contributed by atoms with E-state index in [1.54, 1.807) is 0 Å². The van der Waals surface area contributed by atoms with E-state index in [1.807, 2.05) is 121 Å². The highest BCUT2D eigenvalue weighted by atomic mass is 13.9. The molecule has 0 aliphatic carbocycles. The Morgan fingerprint density at radius 1 is 0.353 bits per heavy atom. The molecule has 0 radical (unpaired) electrons. The number of rotatable bonds is 4. The number of hydrogen-bond acceptors (Lipinski definition) is 0. The van der Waals surface area contributed by atoms with E-state index in [0.717, 1.165) is 11.1 Å². The molecule has 162 valence electrons. The smallest absolute Gasteiger partial charge is 0.0255 e. The van der Waals surface area contributed by atoms with Crippen LogP contribution in [0.1, 0.15) is 22.3 Å². The monoisotopic (exact) mass is 434 g/mol. The van der Waals surface area contributed by atoms with Crippen LogP contribution in [0.25, 0.3) is 12.2 Å².